The van der Waals surface area contributed by atoms with E-state index in [9.17, 15) is 4.79 Å². The van der Waals surface area contributed by atoms with Gasteiger partial charge in [0.2, 0.25) is 0 Å². The molecule has 0 saturated carbocycles. The number of piperazine rings is 1. The highest BCUT2D eigenvalue weighted by atomic mass is 35.5. The van der Waals surface area contributed by atoms with Crippen LogP contribution in [0, 0.1) is 13.8 Å². The van der Waals surface area contributed by atoms with E-state index in [-0.39, 0.29) is 24.4 Å². The van der Waals surface area contributed by atoms with Gasteiger partial charge in [0.15, 0.2) is 0 Å². The molecule has 1 amide bonds. The van der Waals surface area contributed by atoms with E-state index in [0.717, 1.165) is 42.3 Å². The Hall–Kier alpha value is -1.85. The smallest absolute Gasteiger partial charge is 0.254 e. The number of aromatic nitrogens is 2. The van der Waals surface area contributed by atoms with E-state index in [4.69, 9.17) is 0 Å². The fraction of sp³-hybridized carbons (Fsp3) is 0.412. The van der Waals surface area contributed by atoms with Crippen LogP contribution in [0.1, 0.15) is 28.7 Å². The largest absolute Gasteiger partial charge is 0.333 e. The molecule has 0 radical (unpaired) electrons. The van der Waals surface area contributed by atoms with Gasteiger partial charge >= 0.3 is 0 Å². The number of rotatable bonds is 2. The monoisotopic (exact) mass is 334 g/mol. The first-order chi connectivity index (χ1) is 10.6. The molecule has 1 unspecified atom stereocenters. The van der Waals surface area contributed by atoms with Crippen LogP contribution < -0.4 is 5.32 Å². The second-order valence-corrected chi connectivity index (χ2v) is 5.94. The number of halogens is 1. The average Bonchev–Trinajstić information content (AvgIpc) is 2.86. The van der Waals surface area contributed by atoms with Crippen molar-refractivity contribution in [3.05, 3.63) is 47.3 Å². The summed E-state index contributed by atoms with van der Waals surface area (Å²) in [6.45, 7) is 8.57. The molecule has 1 aliphatic rings. The van der Waals surface area contributed by atoms with Crippen LogP contribution >= 0.6 is 12.4 Å². The van der Waals surface area contributed by atoms with E-state index < -0.39 is 0 Å². The SMILES string of the molecule is Cc1cc(C)n(-c2ccc(C(=O)N3CCNCC3C)cc2)n1.Cl. The summed E-state index contributed by atoms with van der Waals surface area (Å²) in [7, 11) is 0. The second kappa shape index (κ2) is 7.15. The average molecular weight is 335 g/mol. The molecule has 0 aliphatic carbocycles. The lowest BCUT2D eigenvalue weighted by Crippen LogP contribution is -2.52. The van der Waals surface area contributed by atoms with Gasteiger partial charge in [-0.2, -0.15) is 5.10 Å². The van der Waals surface area contributed by atoms with Crippen LogP contribution in [0.2, 0.25) is 0 Å². The molecule has 5 nitrogen and oxygen atoms in total. The van der Waals surface area contributed by atoms with Gasteiger partial charge in [0.1, 0.15) is 0 Å². The first-order valence-corrected chi connectivity index (χ1v) is 7.71. The fourth-order valence-corrected chi connectivity index (χ4v) is 2.94. The highest BCUT2D eigenvalue weighted by Crippen LogP contribution is 2.15. The lowest BCUT2D eigenvalue weighted by molar-refractivity contribution is 0.0656. The Balaban J connectivity index is 0.00000192. The fourth-order valence-electron chi connectivity index (χ4n) is 2.94. The van der Waals surface area contributed by atoms with Crippen LogP contribution in [-0.4, -0.2) is 46.3 Å². The van der Waals surface area contributed by atoms with Crippen molar-refractivity contribution in [3.63, 3.8) is 0 Å². The molecule has 3 rings (SSSR count). The second-order valence-electron chi connectivity index (χ2n) is 5.94. The van der Waals surface area contributed by atoms with Gasteiger partial charge in [-0.1, -0.05) is 0 Å². The number of nitrogens with one attached hydrogen (secondary N) is 1. The number of benzene rings is 1. The van der Waals surface area contributed by atoms with Crippen molar-refractivity contribution in [2.75, 3.05) is 19.6 Å². The first-order valence-electron chi connectivity index (χ1n) is 7.71. The van der Waals surface area contributed by atoms with E-state index in [1.165, 1.54) is 0 Å². The molecule has 1 aliphatic heterocycles. The molecule has 1 saturated heterocycles. The number of hydrogen-bond acceptors (Lipinski definition) is 3. The summed E-state index contributed by atoms with van der Waals surface area (Å²) in [6.07, 6.45) is 0. The number of aryl methyl sites for hydroxylation is 2. The Morgan fingerprint density at radius 3 is 2.52 bits per heavy atom. The molecule has 2 aromatic rings. The highest BCUT2D eigenvalue weighted by Gasteiger charge is 2.23. The number of carbonyl (C=O) groups is 1. The standard InChI is InChI=1S/C17H22N4O.ClH/c1-12-10-13(2)21(19-12)16-6-4-15(5-7-16)17(22)20-9-8-18-11-14(20)3;/h4-7,10,14,18H,8-9,11H2,1-3H3;1H. The lowest BCUT2D eigenvalue weighted by Gasteiger charge is -2.34. The highest BCUT2D eigenvalue weighted by molar-refractivity contribution is 5.94. The number of carbonyl (C=O) groups excluding carboxylic acids is 1. The lowest BCUT2D eigenvalue weighted by atomic mass is 10.1. The maximum Gasteiger partial charge on any atom is 0.254 e. The van der Waals surface area contributed by atoms with Crippen molar-refractivity contribution in [2.45, 2.75) is 26.8 Å². The molecule has 6 heteroatoms. The molecule has 124 valence electrons. The molecule has 1 N–H and O–H groups in total. The van der Waals surface area contributed by atoms with Gasteiger partial charge in [-0.25, -0.2) is 4.68 Å². The predicted octanol–water partition coefficient (Wildman–Crippen LogP) is 2.34. The Labute approximate surface area is 143 Å². The van der Waals surface area contributed by atoms with Gasteiger partial charge in [0.25, 0.3) is 5.91 Å². The molecule has 1 aromatic heterocycles. The zero-order valence-electron chi connectivity index (χ0n) is 13.7. The van der Waals surface area contributed by atoms with Gasteiger partial charge in [-0.15, -0.1) is 12.4 Å². The molecular formula is C17H23ClN4O. The summed E-state index contributed by atoms with van der Waals surface area (Å²) < 4.78 is 1.90. The van der Waals surface area contributed by atoms with Gasteiger partial charge in [-0.05, 0) is 51.1 Å². The Kier molecular flexibility index (Phi) is 5.44. The minimum Gasteiger partial charge on any atom is -0.333 e. The Bertz CT molecular complexity index is 680. The molecule has 1 fully saturated rings. The van der Waals surface area contributed by atoms with Gasteiger partial charge in [-0.3, -0.25) is 4.79 Å². The molecule has 0 bridgehead atoms. The van der Waals surface area contributed by atoms with E-state index in [1.54, 1.807) is 0 Å². The minimum absolute atomic E-state index is 0. The predicted molar refractivity (Wildman–Crippen MR) is 93.7 cm³/mol. The van der Waals surface area contributed by atoms with Crippen LogP contribution in [0.3, 0.4) is 0 Å². The van der Waals surface area contributed by atoms with Gasteiger partial charge in [0, 0.05) is 36.9 Å². The van der Waals surface area contributed by atoms with Crippen molar-refractivity contribution >= 4 is 18.3 Å². The van der Waals surface area contributed by atoms with Crippen LogP contribution in [-0.2, 0) is 0 Å². The van der Waals surface area contributed by atoms with Crippen LogP contribution in [0.4, 0.5) is 0 Å². The minimum atomic E-state index is 0. The van der Waals surface area contributed by atoms with Crippen molar-refractivity contribution < 1.29 is 4.79 Å². The van der Waals surface area contributed by atoms with E-state index in [1.807, 2.05) is 53.8 Å². The van der Waals surface area contributed by atoms with Crippen LogP contribution in [0.5, 0.6) is 0 Å². The van der Waals surface area contributed by atoms with E-state index >= 15 is 0 Å². The summed E-state index contributed by atoms with van der Waals surface area (Å²) in [5.74, 6) is 0.105. The topological polar surface area (TPSA) is 50.2 Å². The zero-order valence-corrected chi connectivity index (χ0v) is 14.6. The molecular weight excluding hydrogens is 312 g/mol. The van der Waals surface area contributed by atoms with Crippen molar-refractivity contribution in [2.24, 2.45) is 0 Å². The third kappa shape index (κ3) is 3.57. The van der Waals surface area contributed by atoms with E-state index in [0.29, 0.717) is 0 Å². The van der Waals surface area contributed by atoms with Crippen molar-refractivity contribution in [1.82, 2.24) is 20.0 Å². The summed E-state index contributed by atoms with van der Waals surface area (Å²) in [4.78, 5) is 14.5. The van der Waals surface area contributed by atoms with Crippen molar-refractivity contribution in [3.8, 4) is 5.69 Å². The molecule has 2 heterocycles. The van der Waals surface area contributed by atoms with Crippen LogP contribution in [0.25, 0.3) is 5.69 Å². The third-order valence-electron chi connectivity index (χ3n) is 4.13. The molecule has 1 atom stereocenters. The maximum atomic E-state index is 12.6. The van der Waals surface area contributed by atoms with Gasteiger partial charge < -0.3 is 10.2 Å². The molecule has 1 aromatic carbocycles. The number of hydrogen-bond donors (Lipinski definition) is 1. The zero-order chi connectivity index (χ0) is 15.7. The Morgan fingerprint density at radius 2 is 1.96 bits per heavy atom. The summed E-state index contributed by atoms with van der Waals surface area (Å²) >= 11 is 0. The van der Waals surface area contributed by atoms with Crippen LogP contribution in [0.15, 0.2) is 30.3 Å². The third-order valence-corrected chi connectivity index (χ3v) is 4.13. The Morgan fingerprint density at radius 1 is 1.26 bits per heavy atom. The molecule has 0 spiro atoms. The summed E-state index contributed by atoms with van der Waals surface area (Å²) in [5.41, 5.74) is 3.80. The summed E-state index contributed by atoms with van der Waals surface area (Å²) in [6, 6.07) is 9.98. The number of nitrogens with zero attached hydrogens (tertiary/aromatic N) is 3. The normalized spacial score (nSPS) is 17.7. The van der Waals surface area contributed by atoms with E-state index in [2.05, 4.69) is 17.3 Å². The van der Waals surface area contributed by atoms with Crippen molar-refractivity contribution in [1.29, 1.82) is 0 Å². The number of amides is 1. The molecule has 23 heavy (non-hydrogen) atoms. The first kappa shape index (κ1) is 17.5. The quantitative estimate of drug-likeness (QED) is 0.917. The maximum absolute atomic E-state index is 12.6. The van der Waals surface area contributed by atoms with Gasteiger partial charge in [0.05, 0.1) is 11.4 Å². The summed E-state index contributed by atoms with van der Waals surface area (Å²) in [5, 5.41) is 7.77.